The first kappa shape index (κ1) is 11.6. The largest absolute Gasteiger partial charge is 0.374 e. The van der Waals surface area contributed by atoms with Crippen LogP contribution in [0.3, 0.4) is 0 Å². The maximum atomic E-state index is 5.54. The van der Waals surface area contributed by atoms with E-state index < -0.39 is 0 Å². The van der Waals surface area contributed by atoms with Gasteiger partial charge in [-0.25, -0.2) is 0 Å². The molecule has 0 bridgehead atoms. The molecule has 2 heteroatoms. The van der Waals surface area contributed by atoms with Gasteiger partial charge in [-0.3, -0.25) is 0 Å². The van der Waals surface area contributed by atoms with E-state index in [1.54, 1.807) is 0 Å². The minimum atomic E-state index is 0.223. The van der Waals surface area contributed by atoms with Crippen molar-refractivity contribution in [3.63, 3.8) is 0 Å². The van der Waals surface area contributed by atoms with Crippen molar-refractivity contribution in [1.29, 1.82) is 0 Å². The van der Waals surface area contributed by atoms with Gasteiger partial charge >= 0.3 is 0 Å². The van der Waals surface area contributed by atoms with Crippen LogP contribution in [0.15, 0.2) is 24.3 Å². The zero-order valence-corrected chi connectivity index (χ0v) is 10.3. The zero-order valence-electron chi connectivity index (χ0n) is 10.3. The third-order valence-electron chi connectivity index (χ3n) is 2.79. The average Bonchev–Trinajstić information content (AvgIpc) is 3.01. The van der Waals surface area contributed by atoms with Gasteiger partial charge in [0.15, 0.2) is 0 Å². The van der Waals surface area contributed by atoms with Crippen LogP contribution in [0.25, 0.3) is 0 Å². The highest BCUT2D eigenvalue weighted by Crippen LogP contribution is 2.22. The van der Waals surface area contributed by atoms with E-state index in [4.69, 9.17) is 9.47 Å². The third kappa shape index (κ3) is 3.32. The molecule has 0 N–H and O–H groups in total. The molecule has 0 saturated carbocycles. The van der Waals surface area contributed by atoms with Crippen molar-refractivity contribution in [2.75, 3.05) is 13.2 Å². The Morgan fingerprint density at radius 3 is 2.38 bits per heavy atom. The molecule has 0 spiro atoms. The van der Waals surface area contributed by atoms with E-state index in [2.05, 4.69) is 45.0 Å². The summed E-state index contributed by atoms with van der Waals surface area (Å²) in [5.74, 6) is 0. The lowest BCUT2D eigenvalue weighted by Crippen LogP contribution is -2.10. The van der Waals surface area contributed by atoms with Gasteiger partial charge in [-0.15, -0.1) is 0 Å². The number of epoxide rings is 1. The summed E-state index contributed by atoms with van der Waals surface area (Å²) in [5.41, 5.74) is 2.82. The van der Waals surface area contributed by atoms with Crippen molar-refractivity contribution < 1.29 is 9.47 Å². The Bertz CT molecular complexity index is 331. The molecule has 1 heterocycles. The molecule has 1 fully saturated rings. The normalized spacial score (nSPS) is 19.8. The van der Waals surface area contributed by atoms with Gasteiger partial charge in [-0.05, 0) is 16.5 Å². The van der Waals surface area contributed by atoms with Crippen molar-refractivity contribution in [1.82, 2.24) is 0 Å². The van der Waals surface area contributed by atoms with Crippen LogP contribution in [0.1, 0.15) is 31.9 Å². The first-order valence-corrected chi connectivity index (χ1v) is 5.84. The molecular formula is C14H20O2. The summed E-state index contributed by atoms with van der Waals surface area (Å²) in [6.07, 6.45) is 0.355. The molecular weight excluding hydrogens is 200 g/mol. The van der Waals surface area contributed by atoms with Crippen LogP contribution in [0.2, 0.25) is 0 Å². The second-order valence-corrected chi connectivity index (χ2v) is 5.42. The van der Waals surface area contributed by atoms with E-state index in [1.807, 2.05) is 0 Å². The summed E-state index contributed by atoms with van der Waals surface area (Å²) in [5, 5.41) is 0. The molecule has 1 aliphatic rings. The smallest absolute Gasteiger partial charge is 0.104 e. The van der Waals surface area contributed by atoms with Crippen molar-refractivity contribution in [2.45, 2.75) is 38.9 Å². The van der Waals surface area contributed by atoms with Crippen LogP contribution in [0.5, 0.6) is 0 Å². The Balaban J connectivity index is 1.85. The van der Waals surface area contributed by atoms with Gasteiger partial charge in [-0.1, -0.05) is 45.0 Å². The summed E-state index contributed by atoms with van der Waals surface area (Å²) < 4.78 is 10.6. The highest BCUT2D eigenvalue weighted by molar-refractivity contribution is 5.27. The molecule has 1 aromatic rings. The van der Waals surface area contributed by atoms with Crippen LogP contribution in [0.4, 0.5) is 0 Å². The molecule has 2 rings (SSSR count). The number of ether oxygens (including phenoxy) is 2. The van der Waals surface area contributed by atoms with Gasteiger partial charge < -0.3 is 9.47 Å². The van der Waals surface area contributed by atoms with Crippen LogP contribution in [0, 0.1) is 0 Å². The lowest BCUT2D eigenvalue weighted by atomic mass is 9.87. The van der Waals surface area contributed by atoms with E-state index in [9.17, 15) is 0 Å². The van der Waals surface area contributed by atoms with E-state index in [-0.39, 0.29) is 5.41 Å². The van der Waals surface area contributed by atoms with Gasteiger partial charge in [0.1, 0.15) is 6.10 Å². The van der Waals surface area contributed by atoms with E-state index in [1.165, 1.54) is 11.1 Å². The molecule has 0 amide bonds. The standard InChI is InChI=1S/C14H20O2/c1-14(2,3)12-6-4-11(5-7-12)8-15-9-13-10-16-13/h4-7,13H,8-10H2,1-3H3/t13-/m1/s1. The van der Waals surface area contributed by atoms with Gasteiger partial charge in [-0.2, -0.15) is 0 Å². The second-order valence-electron chi connectivity index (χ2n) is 5.42. The SMILES string of the molecule is CC(C)(C)c1ccc(COC[C@@H]2CO2)cc1. The molecule has 16 heavy (non-hydrogen) atoms. The summed E-state index contributed by atoms with van der Waals surface area (Å²) in [6.45, 7) is 8.95. The molecule has 1 atom stereocenters. The molecule has 88 valence electrons. The topological polar surface area (TPSA) is 21.8 Å². The van der Waals surface area contributed by atoms with Crippen molar-refractivity contribution in [3.8, 4) is 0 Å². The van der Waals surface area contributed by atoms with Crippen LogP contribution in [-0.4, -0.2) is 19.3 Å². The van der Waals surface area contributed by atoms with Gasteiger partial charge in [0, 0.05) is 0 Å². The Labute approximate surface area is 97.6 Å². The number of hydrogen-bond donors (Lipinski definition) is 0. The molecule has 0 radical (unpaired) electrons. The Morgan fingerprint density at radius 2 is 1.88 bits per heavy atom. The molecule has 0 aromatic heterocycles. The Morgan fingerprint density at radius 1 is 1.25 bits per heavy atom. The van der Waals surface area contributed by atoms with Gasteiger partial charge in [0.2, 0.25) is 0 Å². The number of benzene rings is 1. The Kier molecular flexibility index (Phi) is 3.31. The van der Waals surface area contributed by atoms with E-state index in [0.29, 0.717) is 12.7 Å². The van der Waals surface area contributed by atoms with Crippen LogP contribution < -0.4 is 0 Å². The monoisotopic (exact) mass is 220 g/mol. The lowest BCUT2D eigenvalue weighted by Gasteiger charge is -2.19. The average molecular weight is 220 g/mol. The van der Waals surface area contributed by atoms with Crippen molar-refractivity contribution in [3.05, 3.63) is 35.4 Å². The summed E-state index contributed by atoms with van der Waals surface area (Å²) in [7, 11) is 0. The first-order chi connectivity index (χ1) is 7.55. The molecule has 0 unspecified atom stereocenters. The summed E-state index contributed by atoms with van der Waals surface area (Å²) in [4.78, 5) is 0. The van der Waals surface area contributed by atoms with E-state index >= 15 is 0 Å². The summed E-state index contributed by atoms with van der Waals surface area (Å²) >= 11 is 0. The fourth-order valence-electron chi connectivity index (χ4n) is 1.57. The fraction of sp³-hybridized carbons (Fsp3) is 0.571. The van der Waals surface area contributed by atoms with Gasteiger partial charge in [0.05, 0.1) is 19.8 Å². The fourth-order valence-corrected chi connectivity index (χ4v) is 1.57. The first-order valence-electron chi connectivity index (χ1n) is 5.84. The number of rotatable bonds is 4. The quantitative estimate of drug-likeness (QED) is 0.728. The second kappa shape index (κ2) is 4.56. The van der Waals surface area contributed by atoms with Crippen LogP contribution >= 0.6 is 0 Å². The third-order valence-corrected chi connectivity index (χ3v) is 2.79. The predicted molar refractivity (Wildman–Crippen MR) is 64.5 cm³/mol. The molecule has 1 aliphatic heterocycles. The minimum Gasteiger partial charge on any atom is -0.374 e. The van der Waals surface area contributed by atoms with Crippen molar-refractivity contribution >= 4 is 0 Å². The van der Waals surface area contributed by atoms with Crippen LogP contribution in [-0.2, 0) is 21.5 Å². The highest BCUT2D eigenvalue weighted by atomic mass is 16.6. The Hall–Kier alpha value is -0.860. The maximum Gasteiger partial charge on any atom is 0.104 e. The molecule has 1 aromatic carbocycles. The van der Waals surface area contributed by atoms with Gasteiger partial charge in [0.25, 0.3) is 0 Å². The predicted octanol–water partition coefficient (Wildman–Crippen LogP) is 2.90. The van der Waals surface area contributed by atoms with E-state index in [0.717, 1.165) is 13.2 Å². The number of hydrogen-bond acceptors (Lipinski definition) is 2. The molecule has 2 nitrogen and oxygen atoms in total. The van der Waals surface area contributed by atoms with Crippen molar-refractivity contribution in [2.24, 2.45) is 0 Å². The minimum absolute atomic E-state index is 0.223. The summed E-state index contributed by atoms with van der Waals surface area (Å²) in [6, 6.07) is 8.67. The maximum absolute atomic E-state index is 5.54. The lowest BCUT2D eigenvalue weighted by molar-refractivity contribution is 0.104. The highest BCUT2D eigenvalue weighted by Gasteiger charge is 2.22. The zero-order chi connectivity index (χ0) is 11.6. The molecule has 1 saturated heterocycles. The molecule has 0 aliphatic carbocycles.